The van der Waals surface area contributed by atoms with Gasteiger partial charge in [-0.3, -0.25) is 10.1 Å². The summed E-state index contributed by atoms with van der Waals surface area (Å²) < 4.78 is 24.7. The minimum Gasteiger partial charge on any atom is -0.373 e. The molecule has 2 aromatic rings. The number of nitro groups is 1. The highest BCUT2D eigenvalue weighted by Gasteiger charge is 2.17. The number of non-ortho nitro benzene ring substituents is 1. The Morgan fingerprint density at radius 3 is 2.70 bits per heavy atom. The summed E-state index contributed by atoms with van der Waals surface area (Å²) >= 11 is 0. The third-order valence-electron chi connectivity index (χ3n) is 3.34. The van der Waals surface area contributed by atoms with Gasteiger partial charge in [0.1, 0.15) is 0 Å². The van der Waals surface area contributed by atoms with E-state index in [0.29, 0.717) is 23.1 Å². The largest absolute Gasteiger partial charge is 0.373 e. The van der Waals surface area contributed by atoms with Crippen LogP contribution in [0.5, 0.6) is 0 Å². The van der Waals surface area contributed by atoms with Crippen molar-refractivity contribution in [3.63, 3.8) is 0 Å². The topological polar surface area (TPSA) is 105 Å². The zero-order valence-corrected chi connectivity index (χ0v) is 13.9. The maximum Gasteiger partial charge on any atom is 0.295 e. The Labute approximate surface area is 134 Å². The number of hydrogen-bond donors (Lipinski definition) is 1. The molecule has 2 rings (SSSR count). The summed E-state index contributed by atoms with van der Waals surface area (Å²) in [5, 5.41) is 11.8. The van der Waals surface area contributed by atoms with Crippen LogP contribution in [-0.2, 0) is 10.0 Å². The van der Waals surface area contributed by atoms with Gasteiger partial charge in [0.05, 0.1) is 11.2 Å². The van der Waals surface area contributed by atoms with Crippen molar-refractivity contribution in [2.24, 2.45) is 0 Å². The minimum absolute atomic E-state index is 0.0462. The van der Waals surface area contributed by atoms with Gasteiger partial charge in [-0.25, -0.2) is 18.1 Å². The van der Waals surface area contributed by atoms with E-state index < -0.39 is 14.9 Å². The third kappa shape index (κ3) is 4.14. The van der Waals surface area contributed by atoms with E-state index in [-0.39, 0.29) is 12.2 Å². The molecule has 0 aliphatic rings. The number of nitro benzene ring substituents is 1. The molecule has 0 saturated heterocycles. The Hall–Kier alpha value is -2.26. The molecule has 0 unspecified atom stereocenters. The Morgan fingerprint density at radius 1 is 1.39 bits per heavy atom. The predicted molar refractivity (Wildman–Crippen MR) is 89.3 cm³/mol. The number of benzene rings is 1. The van der Waals surface area contributed by atoms with Crippen molar-refractivity contribution in [2.45, 2.75) is 6.92 Å². The molecule has 1 aromatic carbocycles. The van der Waals surface area contributed by atoms with E-state index in [9.17, 15) is 18.5 Å². The van der Waals surface area contributed by atoms with E-state index in [1.54, 1.807) is 26.1 Å². The summed E-state index contributed by atoms with van der Waals surface area (Å²) in [7, 11) is -1.45. The molecule has 0 bridgehead atoms. The summed E-state index contributed by atoms with van der Waals surface area (Å²) in [6.45, 7) is 2.43. The molecule has 0 spiro atoms. The van der Waals surface area contributed by atoms with E-state index >= 15 is 0 Å². The Morgan fingerprint density at radius 2 is 2.09 bits per heavy atom. The number of rotatable bonds is 6. The highest BCUT2D eigenvalue weighted by atomic mass is 32.2. The fraction of sp³-hybridized carbons (Fsp3) is 0.357. The number of nitrogens with zero attached hydrogens (tertiary/aromatic N) is 3. The summed E-state index contributed by atoms with van der Waals surface area (Å²) in [4.78, 5) is 16.8. The molecular weight excluding hydrogens is 320 g/mol. The second-order valence-electron chi connectivity index (χ2n) is 5.30. The average molecular weight is 338 g/mol. The van der Waals surface area contributed by atoms with Gasteiger partial charge >= 0.3 is 0 Å². The highest BCUT2D eigenvalue weighted by molar-refractivity contribution is 7.88. The number of likely N-dealkylation sites (N-methyl/N-ethyl adjacent to an activating group) is 1. The summed E-state index contributed by atoms with van der Waals surface area (Å²) in [5.74, 6) is 0. The van der Waals surface area contributed by atoms with E-state index in [1.165, 1.54) is 6.07 Å². The Bertz CT molecular complexity index is 851. The first-order chi connectivity index (χ1) is 10.7. The van der Waals surface area contributed by atoms with Gasteiger partial charge in [-0.2, -0.15) is 0 Å². The van der Waals surface area contributed by atoms with Gasteiger partial charge < -0.3 is 4.90 Å². The van der Waals surface area contributed by atoms with Crippen LogP contribution in [0, 0.1) is 17.0 Å². The lowest BCUT2D eigenvalue weighted by molar-refractivity contribution is -0.383. The van der Waals surface area contributed by atoms with Crippen molar-refractivity contribution in [3.8, 4) is 0 Å². The zero-order valence-electron chi connectivity index (χ0n) is 13.1. The number of aryl methyl sites for hydroxylation is 1. The second kappa shape index (κ2) is 6.47. The smallest absolute Gasteiger partial charge is 0.295 e. The molecule has 23 heavy (non-hydrogen) atoms. The molecule has 1 N–H and O–H groups in total. The van der Waals surface area contributed by atoms with Gasteiger partial charge in [0, 0.05) is 43.0 Å². The summed E-state index contributed by atoms with van der Waals surface area (Å²) in [6.07, 6.45) is 1.10. The monoisotopic (exact) mass is 338 g/mol. The number of para-hydroxylation sites is 1. The molecule has 1 aromatic heterocycles. The molecule has 1 heterocycles. The number of aromatic nitrogens is 1. The van der Waals surface area contributed by atoms with Crippen molar-refractivity contribution < 1.29 is 13.3 Å². The highest BCUT2D eigenvalue weighted by Crippen LogP contribution is 2.31. The lowest BCUT2D eigenvalue weighted by Gasteiger charge is -2.21. The van der Waals surface area contributed by atoms with Crippen LogP contribution in [0.2, 0.25) is 0 Å². The molecule has 0 amide bonds. The van der Waals surface area contributed by atoms with Crippen molar-refractivity contribution in [2.75, 3.05) is 31.3 Å². The summed E-state index contributed by atoms with van der Waals surface area (Å²) in [5.41, 5.74) is 1.71. The molecule has 0 aliphatic heterocycles. The average Bonchev–Trinajstić information content (AvgIpc) is 2.44. The predicted octanol–water partition coefficient (Wildman–Crippen LogP) is 1.44. The second-order valence-corrected chi connectivity index (χ2v) is 7.13. The quantitative estimate of drug-likeness (QED) is 0.631. The van der Waals surface area contributed by atoms with Gasteiger partial charge in [0.2, 0.25) is 10.0 Å². The van der Waals surface area contributed by atoms with Crippen LogP contribution < -0.4 is 9.62 Å². The molecule has 9 heteroatoms. The first-order valence-corrected chi connectivity index (χ1v) is 8.79. The Balaban J connectivity index is 2.40. The number of hydrogen-bond acceptors (Lipinski definition) is 6. The first-order valence-electron chi connectivity index (χ1n) is 6.89. The van der Waals surface area contributed by atoms with Crippen LogP contribution in [-0.4, -0.2) is 44.7 Å². The van der Waals surface area contributed by atoms with E-state index in [0.717, 1.165) is 11.9 Å². The van der Waals surface area contributed by atoms with Gasteiger partial charge in [0.25, 0.3) is 5.69 Å². The number of nitrogens with one attached hydrogen (secondary N) is 1. The standard InChI is InChI=1S/C14H18N4O4S/c1-10-9-13(17(2)8-7-15-23(3,21)22)11-5-4-6-12(18(19)20)14(11)16-10/h4-6,9,15H,7-8H2,1-3H3. The molecular formula is C14H18N4O4S. The van der Waals surface area contributed by atoms with Crippen molar-refractivity contribution in [1.82, 2.24) is 9.71 Å². The number of pyridine rings is 1. The zero-order chi connectivity index (χ0) is 17.2. The van der Waals surface area contributed by atoms with E-state index in [4.69, 9.17) is 0 Å². The molecule has 0 fully saturated rings. The molecule has 0 saturated carbocycles. The van der Waals surface area contributed by atoms with Crippen LogP contribution in [0.25, 0.3) is 10.9 Å². The minimum atomic E-state index is -3.25. The van der Waals surface area contributed by atoms with Gasteiger partial charge in [-0.15, -0.1) is 0 Å². The maximum absolute atomic E-state index is 11.2. The van der Waals surface area contributed by atoms with Crippen molar-refractivity contribution >= 4 is 32.3 Å². The first kappa shape index (κ1) is 17.1. The molecule has 0 radical (unpaired) electrons. The fourth-order valence-electron chi connectivity index (χ4n) is 2.32. The van der Waals surface area contributed by atoms with Crippen LogP contribution in [0.1, 0.15) is 5.69 Å². The maximum atomic E-state index is 11.2. The molecule has 124 valence electrons. The number of fused-ring (bicyclic) bond motifs is 1. The molecule has 0 atom stereocenters. The summed E-state index contributed by atoms with van der Waals surface area (Å²) in [6, 6.07) is 6.63. The van der Waals surface area contributed by atoms with Gasteiger partial charge in [-0.1, -0.05) is 12.1 Å². The lowest BCUT2D eigenvalue weighted by Crippen LogP contribution is -2.32. The normalized spacial score (nSPS) is 11.6. The van der Waals surface area contributed by atoms with E-state index in [2.05, 4.69) is 9.71 Å². The van der Waals surface area contributed by atoms with Gasteiger partial charge in [-0.05, 0) is 13.0 Å². The van der Waals surface area contributed by atoms with Crippen LogP contribution in [0.15, 0.2) is 24.3 Å². The molecule has 8 nitrogen and oxygen atoms in total. The SMILES string of the molecule is Cc1cc(N(C)CCNS(C)(=O)=O)c2cccc([N+](=O)[O-])c2n1. The Kier molecular flexibility index (Phi) is 4.81. The van der Waals surface area contributed by atoms with Crippen LogP contribution in [0.3, 0.4) is 0 Å². The van der Waals surface area contributed by atoms with Crippen LogP contribution >= 0.6 is 0 Å². The van der Waals surface area contributed by atoms with Crippen LogP contribution in [0.4, 0.5) is 11.4 Å². The third-order valence-corrected chi connectivity index (χ3v) is 4.07. The fourth-order valence-corrected chi connectivity index (χ4v) is 2.78. The van der Waals surface area contributed by atoms with E-state index in [1.807, 2.05) is 11.0 Å². The van der Waals surface area contributed by atoms with Crippen molar-refractivity contribution in [1.29, 1.82) is 0 Å². The molecule has 0 aliphatic carbocycles. The number of sulfonamides is 1. The lowest BCUT2D eigenvalue weighted by atomic mass is 10.1. The van der Waals surface area contributed by atoms with Gasteiger partial charge in [0.15, 0.2) is 5.52 Å². The number of anilines is 1. The van der Waals surface area contributed by atoms with Crippen molar-refractivity contribution in [3.05, 3.63) is 40.1 Å².